The number of carbonyl (C=O) groups excluding carboxylic acids is 2. The molecule has 0 fully saturated rings. The molecule has 0 bridgehead atoms. The van der Waals surface area contributed by atoms with E-state index in [4.69, 9.17) is 4.74 Å². The van der Waals surface area contributed by atoms with Gasteiger partial charge in [0.15, 0.2) is 6.10 Å². The number of rotatable bonds is 6. The Balaban J connectivity index is 2.16. The van der Waals surface area contributed by atoms with Gasteiger partial charge in [-0.2, -0.15) is 0 Å². The molecule has 0 aliphatic rings. The summed E-state index contributed by atoms with van der Waals surface area (Å²) in [5.74, 6) is -3.55. The zero-order valence-electron chi connectivity index (χ0n) is 15.3. The fourth-order valence-corrected chi connectivity index (χ4v) is 3.05. The number of carbonyl (C=O) groups is 2. The van der Waals surface area contributed by atoms with E-state index < -0.39 is 45.2 Å². The second-order valence-electron chi connectivity index (χ2n) is 5.98. The van der Waals surface area contributed by atoms with E-state index in [0.717, 1.165) is 28.6 Å². The Bertz CT molecular complexity index is 1010. The van der Waals surface area contributed by atoms with Crippen LogP contribution >= 0.6 is 0 Å². The van der Waals surface area contributed by atoms with Gasteiger partial charge < -0.3 is 10.1 Å². The number of hydrogen-bond donors (Lipinski definition) is 1. The lowest BCUT2D eigenvalue weighted by molar-refractivity contribution is -0.123. The summed E-state index contributed by atoms with van der Waals surface area (Å²) >= 11 is 0. The van der Waals surface area contributed by atoms with Crippen molar-refractivity contribution in [3.05, 3.63) is 59.7 Å². The molecule has 1 N–H and O–H groups in total. The van der Waals surface area contributed by atoms with Gasteiger partial charge in [0, 0.05) is 19.8 Å². The number of benzene rings is 2. The van der Waals surface area contributed by atoms with Crippen molar-refractivity contribution in [2.75, 3.05) is 19.4 Å². The molecule has 1 atom stereocenters. The Kier molecular flexibility index (Phi) is 6.47. The van der Waals surface area contributed by atoms with Crippen LogP contribution in [0, 0.1) is 11.6 Å². The van der Waals surface area contributed by atoms with Gasteiger partial charge >= 0.3 is 5.97 Å². The zero-order valence-corrected chi connectivity index (χ0v) is 16.1. The van der Waals surface area contributed by atoms with Crippen molar-refractivity contribution in [3.8, 4) is 0 Å². The predicted molar refractivity (Wildman–Crippen MR) is 97.2 cm³/mol. The smallest absolute Gasteiger partial charge is 0.341 e. The van der Waals surface area contributed by atoms with Crippen molar-refractivity contribution in [3.63, 3.8) is 0 Å². The lowest BCUT2D eigenvalue weighted by Crippen LogP contribution is -2.30. The van der Waals surface area contributed by atoms with E-state index in [1.54, 1.807) is 0 Å². The van der Waals surface area contributed by atoms with Gasteiger partial charge in [-0.1, -0.05) is 6.07 Å². The first kappa shape index (κ1) is 21.5. The standard InChI is InChI=1S/C18H18F2N2O5S/c1-11(17(23)21-13-6-4-5-12(19)9-13)27-18(24)15-10-14(7-8-16(15)20)28(25,26)22(2)3/h4-11H,1-3H3,(H,21,23)/t11-/m0/s1. The zero-order chi connectivity index (χ0) is 21.1. The van der Waals surface area contributed by atoms with Crippen molar-refractivity contribution in [1.82, 2.24) is 4.31 Å². The molecule has 1 amide bonds. The Hall–Kier alpha value is -2.85. The van der Waals surface area contributed by atoms with Crippen molar-refractivity contribution < 1.29 is 31.5 Å². The van der Waals surface area contributed by atoms with Crippen LogP contribution in [0.1, 0.15) is 17.3 Å². The lowest BCUT2D eigenvalue weighted by Gasteiger charge is -2.15. The molecule has 2 rings (SSSR count). The molecule has 150 valence electrons. The minimum absolute atomic E-state index is 0.151. The van der Waals surface area contributed by atoms with Gasteiger partial charge in [0.2, 0.25) is 10.0 Å². The van der Waals surface area contributed by atoms with Gasteiger partial charge in [-0.05, 0) is 43.3 Å². The molecular formula is C18H18F2N2O5S. The van der Waals surface area contributed by atoms with Gasteiger partial charge in [0.05, 0.1) is 10.5 Å². The van der Waals surface area contributed by atoms with Crippen LogP contribution in [-0.2, 0) is 19.6 Å². The molecule has 0 radical (unpaired) electrons. The van der Waals surface area contributed by atoms with Crippen LogP contribution in [0.4, 0.5) is 14.5 Å². The van der Waals surface area contributed by atoms with Crippen LogP contribution in [-0.4, -0.2) is 44.8 Å². The summed E-state index contributed by atoms with van der Waals surface area (Å²) in [7, 11) is -1.32. The highest BCUT2D eigenvalue weighted by molar-refractivity contribution is 7.89. The highest BCUT2D eigenvalue weighted by Crippen LogP contribution is 2.19. The topological polar surface area (TPSA) is 92.8 Å². The Morgan fingerprint density at radius 1 is 1.11 bits per heavy atom. The molecule has 0 saturated heterocycles. The molecule has 28 heavy (non-hydrogen) atoms. The van der Waals surface area contributed by atoms with E-state index in [0.29, 0.717) is 0 Å². The molecule has 0 aliphatic heterocycles. The molecule has 7 nitrogen and oxygen atoms in total. The number of ether oxygens (including phenoxy) is 1. The average molecular weight is 412 g/mol. The molecule has 2 aromatic carbocycles. The number of esters is 1. The first-order chi connectivity index (χ1) is 13.0. The SMILES string of the molecule is C[C@H](OC(=O)c1cc(S(=O)(=O)N(C)C)ccc1F)C(=O)Nc1cccc(F)c1. The van der Waals surface area contributed by atoms with Gasteiger partial charge in [-0.15, -0.1) is 0 Å². The number of anilines is 1. The summed E-state index contributed by atoms with van der Waals surface area (Å²) in [6.45, 7) is 1.24. The molecule has 0 spiro atoms. The van der Waals surface area contributed by atoms with Crippen molar-refractivity contribution >= 4 is 27.6 Å². The average Bonchev–Trinajstić information content (AvgIpc) is 2.61. The van der Waals surface area contributed by atoms with E-state index in [9.17, 15) is 26.8 Å². The van der Waals surface area contributed by atoms with E-state index in [1.165, 1.54) is 39.2 Å². The number of nitrogens with zero attached hydrogens (tertiary/aromatic N) is 1. The van der Waals surface area contributed by atoms with E-state index >= 15 is 0 Å². The summed E-state index contributed by atoms with van der Waals surface area (Å²) in [6, 6.07) is 7.76. The van der Waals surface area contributed by atoms with Crippen molar-refractivity contribution in [2.24, 2.45) is 0 Å². The maximum atomic E-state index is 14.0. The largest absolute Gasteiger partial charge is 0.449 e. The second kappa shape index (κ2) is 8.44. The van der Waals surface area contributed by atoms with Crippen LogP contribution in [0.2, 0.25) is 0 Å². The minimum atomic E-state index is -3.90. The normalized spacial score (nSPS) is 12.5. The van der Waals surface area contributed by atoms with Gasteiger partial charge in [0.1, 0.15) is 11.6 Å². The molecule has 2 aromatic rings. The van der Waals surface area contributed by atoms with Crippen LogP contribution in [0.3, 0.4) is 0 Å². The fourth-order valence-electron chi connectivity index (χ4n) is 2.12. The van der Waals surface area contributed by atoms with E-state index in [1.807, 2.05) is 0 Å². The number of amides is 1. The van der Waals surface area contributed by atoms with Gasteiger partial charge in [-0.25, -0.2) is 26.3 Å². The van der Waals surface area contributed by atoms with E-state index in [2.05, 4.69) is 5.32 Å². The summed E-state index contributed by atoms with van der Waals surface area (Å²) in [5.41, 5.74) is -0.480. The lowest BCUT2D eigenvalue weighted by atomic mass is 10.2. The maximum Gasteiger partial charge on any atom is 0.341 e. The maximum absolute atomic E-state index is 14.0. The van der Waals surface area contributed by atoms with Crippen LogP contribution in [0.15, 0.2) is 47.4 Å². The summed E-state index contributed by atoms with van der Waals surface area (Å²) in [5, 5.41) is 2.35. The highest BCUT2D eigenvalue weighted by atomic mass is 32.2. The predicted octanol–water partition coefficient (Wildman–Crippen LogP) is 2.40. The summed E-state index contributed by atoms with van der Waals surface area (Å²) in [6.07, 6.45) is -1.34. The van der Waals surface area contributed by atoms with E-state index in [-0.39, 0.29) is 10.6 Å². The Morgan fingerprint density at radius 2 is 1.79 bits per heavy atom. The molecule has 0 saturated carbocycles. The number of hydrogen-bond acceptors (Lipinski definition) is 5. The third-order valence-electron chi connectivity index (χ3n) is 3.68. The molecule has 10 heteroatoms. The molecular weight excluding hydrogens is 394 g/mol. The third kappa shape index (κ3) is 4.90. The molecule has 0 aromatic heterocycles. The van der Waals surface area contributed by atoms with Gasteiger partial charge in [0.25, 0.3) is 5.91 Å². The third-order valence-corrected chi connectivity index (χ3v) is 5.49. The number of sulfonamides is 1. The Morgan fingerprint density at radius 3 is 2.39 bits per heavy atom. The number of halogens is 2. The first-order valence-corrected chi connectivity index (χ1v) is 9.46. The second-order valence-corrected chi connectivity index (χ2v) is 8.13. The number of nitrogens with one attached hydrogen (secondary N) is 1. The highest BCUT2D eigenvalue weighted by Gasteiger charge is 2.25. The summed E-state index contributed by atoms with van der Waals surface area (Å²) in [4.78, 5) is 24.0. The molecule has 0 aliphatic carbocycles. The van der Waals surface area contributed by atoms with Gasteiger partial charge in [-0.3, -0.25) is 4.79 Å². The van der Waals surface area contributed by atoms with Crippen LogP contribution in [0.25, 0.3) is 0 Å². The van der Waals surface area contributed by atoms with Crippen molar-refractivity contribution in [1.29, 1.82) is 0 Å². The summed E-state index contributed by atoms with van der Waals surface area (Å²) < 4.78 is 57.3. The Labute approximate surface area is 161 Å². The van der Waals surface area contributed by atoms with Crippen molar-refractivity contribution in [2.45, 2.75) is 17.9 Å². The monoisotopic (exact) mass is 412 g/mol. The molecule has 0 unspecified atom stereocenters. The fraction of sp³-hybridized carbons (Fsp3) is 0.222. The first-order valence-electron chi connectivity index (χ1n) is 8.02. The quantitative estimate of drug-likeness (QED) is 0.736. The van der Waals surface area contributed by atoms with Crippen LogP contribution in [0.5, 0.6) is 0 Å². The minimum Gasteiger partial charge on any atom is -0.449 e. The van der Waals surface area contributed by atoms with Crippen LogP contribution < -0.4 is 5.32 Å². The molecule has 0 heterocycles.